The number of carbonyl (C=O) groups excluding carboxylic acids is 1. The van der Waals surface area contributed by atoms with Crippen molar-refractivity contribution in [2.45, 2.75) is 52.4 Å². The van der Waals surface area contributed by atoms with E-state index in [-0.39, 0.29) is 64.4 Å². The Hall–Kier alpha value is -1.40. The number of halogens is 3. The molecule has 1 aliphatic rings. The van der Waals surface area contributed by atoms with Crippen molar-refractivity contribution in [3.63, 3.8) is 0 Å². The van der Waals surface area contributed by atoms with Gasteiger partial charge in [-0.1, -0.05) is 54.4 Å². The molecule has 0 aromatic heterocycles. The molecule has 3 rings (SSSR count). The van der Waals surface area contributed by atoms with E-state index in [1.54, 1.807) is 13.0 Å². The number of alkyl halides is 3. The number of amides is 1. The molecular formula is C28H39F3N3O4Y-. The number of hydroxylamine groups is 2. The van der Waals surface area contributed by atoms with Gasteiger partial charge >= 0.3 is 6.18 Å². The first-order chi connectivity index (χ1) is 17.8. The van der Waals surface area contributed by atoms with Crippen LogP contribution < -0.4 is 0 Å². The van der Waals surface area contributed by atoms with Crippen LogP contribution in [0, 0.1) is 19.3 Å². The molecule has 7 nitrogen and oxygen atoms in total. The number of benzene rings is 2. The topological polar surface area (TPSA) is 98.3 Å². The van der Waals surface area contributed by atoms with Crippen LogP contribution in [0.3, 0.4) is 0 Å². The van der Waals surface area contributed by atoms with Crippen molar-refractivity contribution in [2.75, 3.05) is 39.9 Å². The van der Waals surface area contributed by atoms with E-state index in [1.165, 1.54) is 12.6 Å². The van der Waals surface area contributed by atoms with Gasteiger partial charge in [-0.15, -0.1) is 6.54 Å². The van der Waals surface area contributed by atoms with Gasteiger partial charge in [-0.2, -0.15) is 18.2 Å². The molecule has 1 atom stereocenters. The summed E-state index contributed by atoms with van der Waals surface area (Å²) in [7, 11) is 1.38. The van der Waals surface area contributed by atoms with Crippen LogP contribution in [-0.2, 0) is 50.2 Å². The van der Waals surface area contributed by atoms with Crippen molar-refractivity contribution in [1.29, 1.82) is 0 Å². The third-order valence-corrected chi connectivity index (χ3v) is 6.67. The van der Waals surface area contributed by atoms with E-state index >= 15 is 0 Å². The van der Waals surface area contributed by atoms with Gasteiger partial charge in [-0.25, -0.2) is 0 Å². The minimum Gasteiger partial charge on any atom is -0.653 e. The fourth-order valence-corrected chi connectivity index (χ4v) is 4.63. The van der Waals surface area contributed by atoms with Gasteiger partial charge in [0.15, 0.2) is 0 Å². The van der Waals surface area contributed by atoms with Crippen LogP contribution in [0.25, 0.3) is 5.32 Å². The summed E-state index contributed by atoms with van der Waals surface area (Å²) < 4.78 is 37.2. The Bertz CT molecular complexity index is 1050. The quantitative estimate of drug-likeness (QED) is 0.364. The van der Waals surface area contributed by atoms with Crippen LogP contribution in [0.4, 0.5) is 13.2 Å². The van der Waals surface area contributed by atoms with Crippen molar-refractivity contribution in [3.8, 4) is 0 Å². The zero-order valence-corrected chi connectivity index (χ0v) is 25.9. The summed E-state index contributed by atoms with van der Waals surface area (Å²) in [4.78, 5) is 14.8. The Morgan fingerprint density at radius 3 is 2.26 bits per heavy atom. The number of aryl methyl sites for hydroxylation is 2. The number of rotatable bonds is 8. The van der Waals surface area contributed by atoms with Crippen molar-refractivity contribution >= 4 is 5.91 Å². The van der Waals surface area contributed by atoms with E-state index < -0.39 is 17.2 Å². The molecule has 1 radical (unpaired) electrons. The van der Waals surface area contributed by atoms with Gasteiger partial charge in [-0.3, -0.25) is 4.79 Å². The van der Waals surface area contributed by atoms with Crippen LogP contribution in [0.15, 0.2) is 42.5 Å². The van der Waals surface area contributed by atoms with Crippen LogP contribution in [0.1, 0.15) is 53.6 Å². The molecule has 0 bridgehead atoms. The van der Waals surface area contributed by atoms with Crippen molar-refractivity contribution in [1.82, 2.24) is 9.96 Å². The molecule has 0 saturated carbocycles. The SMILES string of the molecule is Cc1cc(CN(C)O)cc(C(F)(F)F)c1.Cc1ccccc1C1CN(C(=O)C(C)(CCO)CCO)CC[N-]1.[Y]. The van der Waals surface area contributed by atoms with E-state index in [1.807, 2.05) is 24.0 Å². The van der Waals surface area contributed by atoms with Gasteiger partial charge < -0.3 is 25.6 Å². The molecule has 1 fully saturated rings. The second kappa shape index (κ2) is 16.1. The molecule has 215 valence electrons. The summed E-state index contributed by atoms with van der Waals surface area (Å²) in [6.45, 7) is 7.25. The Balaban J connectivity index is 0.000000414. The van der Waals surface area contributed by atoms with Crippen LogP contribution in [0.2, 0.25) is 0 Å². The summed E-state index contributed by atoms with van der Waals surface area (Å²) >= 11 is 0. The number of aliphatic hydroxyl groups is 2. The average Bonchev–Trinajstić information content (AvgIpc) is 2.83. The molecule has 0 spiro atoms. The normalized spacial score (nSPS) is 15.9. The Morgan fingerprint density at radius 2 is 1.72 bits per heavy atom. The Morgan fingerprint density at radius 1 is 1.10 bits per heavy atom. The van der Waals surface area contributed by atoms with Gasteiger partial charge in [0.25, 0.3) is 0 Å². The average molecular weight is 628 g/mol. The van der Waals surface area contributed by atoms with Crippen LogP contribution in [0.5, 0.6) is 0 Å². The standard InChI is InChI=1S/C18H27N2O3.C10H12F3NO.Y/c1-14-5-3-4-6-15(14)16-13-20(10-9-19-16)17(23)18(2,7-11-21)8-12-22;1-7-3-8(6-14(2)15)5-9(4-7)10(11,12)13;/h3-6,16,21-22H,7-13H2,1-2H3;3-5,15H,6H2,1-2H3;/q-1;;. The zero-order valence-electron chi connectivity index (χ0n) is 23.1. The van der Waals surface area contributed by atoms with Gasteiger partial charge in [0.05, 0.1) is 11.0 Å². The second-order valence-corrected chi connectivity index (χ2v) is 10.1. The summed E-state index contributed by atoms with van der Waals surface area (Å²) in [6, 6.07) is 11.9. The minimum absolute atomic E-state index is 0. The van der Waals surface area contributed by atoms with Crippen molar-refractivity contribution in [2.24, 2.45) is 5.41 Å². The fraction of sp³-hybridized carbons (Fsp3) is 0.536. The third kappa shape index (κ3) is 10.8. The molecule has 1 unspecified atom stereocenters. The zero-order chi connectivity index (χ0) is 28.5. The molecule has 2 aromatic carbocycles. The number of nitrogens with zero attached hydrogens (tertiary/aromatic N) is 3. The monoisotopic (exact) mass is 627 g/mol. The maximum absolute atomic E-state index is 12.9. The van der Waals surface area contributed by atoms with Gasteiger partial charge in [-0.05, 0) is 49.9 Å². The molecule has 1 heterocycles. The molecule has 1 saturated heterocycles. The number of piperazine rings is 1. The van der Waals surface area contributed by atoms with Crippen LogP contribution in [-0.4, -0.2) is 71.2 Å². The summed E-state index contributed by atoms with van der Waals surface area (Å²) in [6.07, 6.45) is -3.60. The largest absolute Gasteiger partial charge is 0.653 e. The number of carbonyl (C=O) groups is 1. The van der Waals surface area contributed by atoms with Gasteiger partial charge in [0.2, 0.25) is 5.91 Å². The summed E-state index contributed by atoms with van der Waals surface area (Å²) in [5, 5.41) is 33.0. The molecule has 2 aromatic rings. The predicted molar refractivity (Wildman–Crippen MR) is 140 cm³/mol. The predicted octanol–water partition coefficient (Wildman–Crippen LogP) is 4.86. The number of hydrogen-bond acceptors (Lipinski definition) is 5. The number of aliphatic hydroxyl groups excluding tert-OH is 2. The first kappa shape index (κ1) is 35.6. The Kier molecular flexibility index (Phi) is 14.8. The summed E-state index contributed by atoms with van der Waals surface area (Å²) in [5.41, 5.74) is 1.92. The molecule has 1 amide bonds. The third-order valence-electron chi connectivity index (χ3n) is 6.67. The van der Waals surface area contributed by atoms with E-state index in [9.17, 15) is 28.2 Å². The first-order valence-corrected chi connectivity index (χ1v) is 12.6. The molecular weight excluding hydrogens is 588 g/mol. The molecule has 11 heteroatoms. The minimum atomic E-state index is -4.34. The smallest absolute Gasteiger partial charge is 0.416 e. The maximum atomic E-state index is 12.9. The van der Waals surface area contributed by atoms with Crippen molar-refractivity contribution < 1.29 is 66.1 Å². The number of hydrogen-bond donors (Lipinski definition) is 3. The second-order valence-electron chi connectivity index (χ2n) is 10.1. The molecule has 0 aliphatic carbocycles. The maximum Gasteiger partial charge on any atom is 0.416 e. The van der Waals surface area contributed by atoms with Crippen molar-refractivity contribution in [3.05, 3.63) is 75.6 Å². The molecule has 39 heavy (non-hydrogen) atoms. The van der Waals surface area contributed by atoms with E-state index in [4.69, 9.17) is 5.21 Å². The van der Waals surface area contributed by atoms with E-state index in [0.29, 0.717) is 43.6 Å². The van der Waals surface area contributed by atoms with Gasteiger partial charge in [0.1, 0.15) is 0 Å². The van der Waals surface area contributed by atoms with E-state index in [2.05, 4.69) is 24.4 Å². The van der Waals surface area contributed by atoms with E-state index in [0.717, 1.165) is 22.8 Å². The van der Waals surface area contributed by atoms with Gasteiger partial charge in [0, 0.05) is 72.6 Å². The summed E-state index contributed by atoms with van der Waals surface area (Å²) in [5.74, 6) is 0.00841. The first-order valence-electron chi connectivity index (χ1n) is 12.6. The molecule has 3 N–H and O–H groups in total. The Labute approximate surface area is 254 Å². The van der Waals surface area contributed by atoms with Crippen LogP contribution >= 0.6 is 0 Å². The fourth-order valence-electron chi connectivity index (χ4n) is 4.63. The molecule has 1 aliphatic heterocycles.